The number of amides is 3. The molecule has 0 aliphatic rings. The number of rotatable bonds is 14. The Balaban J connectivity index is 1.20. The number of furan rings is 1. The Bertz CT molecular complexity index is 1860. The molecule has 1 aromatic heterocycles. The molecule has 10 heteroatoms. The molecule has 0 atom stereocenters. The minimum atomic E-state index is -0.526. The summed E-state index contributed by atoms with van der Waals surface area (Å²) in [7, 11) is 0. The third kappa shape index (κ3) is 10.2. The minimum absolute atomic E-state index is 0.0104. The van der Waals surface area contributed by atoms with Crippen molar-refractivity contribution in [3.05, 3.63) is 137 Å². The van der Waals surface area contributed by atoms with Gasteiger partial charge >= 0.3 is 0 Å². The fourth-order valence-corrected chi connectivity index (χ4v) is 5.39. The first kappa shape index (κ1) is 34.3. The number of benzene rings is 4. The van der Waals surface area contributed by atoms with E-state index >= 15 is 0 Å². The van der Waals surface area contributed by atoms with Gasteiger partial charge in [0.1, 0.15) is 23.0 Å². The minimum Gasteiger partial charge on any atom is -0.494 e. The first-order valence-corrected chi connectivity index (χ1v) is 17.1. The highest BCUT2D eigenvalue weighted by atomic mass is 79.9. The summed E-state index contributed by atoms with van der Waals surface area (Å²) in [6.07, 6.45) is 3.56. The van der Waals surface area contributed by atoms with Crippen LogP contribution in [0, 0.1) is 0 Å². The summed E-state index contributed by atoms with van der Waals surface area (Å²) in [4.78, 5) is 39.8. The van der Waals surface area contributed by atoms with Gasteiger partial charge in [0.2, 0.25) is 5.91 Å². The summed E-state index contributed by atoms with van der Waals surface area (Å²) in [5, 5.41) is 8.46. The second kappa shape index (κ2) is 17.2. The molecule has 0 aliphatic carbocycles. The molecule has 0 saturated carbocycles. The average Bonchev–Trinajstić information content (AvgIpc) is 3.57. The molecule has 0 radical (unpaired) electrons. The molecule has 48 heavy (non-hydrogen) atoms. The van der Waals surface area contributed by atoms with Crippen LogP contribution in [-0.4, -0.2) is 30.1 Å². The van der Waals surface area contributed by atoms with E-state index in [0.717, 1.165) is 33.5 Å². The van der Waals surface area contributed by atoms with Gasteiger partial charge in [0.05, 0.1) is 12.4 Å². The lowest BCUT2D eigenvalue weighted by molar-refractivity contribution is -0.114. The SMILES string of the molecule is CCCCOc1ccc(NC(=O)CSc2ccc(NC(=O)/C(=C/c3ccc(-c4ccc(Br)cc4)o3)NC(=O)c3ccccc3)cc2)cc1. The quantitative estimate of drug-likeness (QED) is 0.0599. The Morgan fingerprint density at radius 1 is 0.812 bits per heavy atom. The Morgan fingerprint density at radius 2 is 1.50 bits per heavy atom. The topological polar surface area (TPSA) is 110 Å². The van der Waals surface area contributed by atoms with Crippen molar-refractivity contribution < 1.29 is 23.5 Å². The van der Waals surface area contributed by atoms with Crippen LogP contribution in [0.15, 0.2) is 135 Å². The molecule has 8 nitrogen and oxygen atoms in total. The largest absolute Gasteiger partial charge is 0.494 e. The lowest BCUT2D eigenvalue weighted by Gasteiger charge is -2.11. The highest BCUT2D eigenvalue weighted by molar-refractivity contribution is 9.10. The number of ether oxygens (including phenoxy) is 1. The van der Waals surface area contributed by atoms with Crippen LogP contribution in [0.2, 0.25) is 0 Å². The molecule has 244 valence electrons. The summed E-state index contributed by atoms with van der Waals surface area (Å²) in [5.74, 6) is 0.908. The molecule has 5 aromatic rings. The Morgan fingerprint density at radius 3 is 2.21 bits per heavy atom. The van der Waals surface area contributed by atoms with Gasteiger partial charge in [-0.15, -0.1) is 11.8 Å². The molecule has 0 unspecified atom stereocenters. The predicted molar refractivity (Wildman–Crippen MR) is 195 cm³/mol. The van der Waals surface area contributed by atoms with Crippen LogP contribution in [0.4, 0.5) is 11.4 Å². The molecule has 3 amide bonds. The fourth-order valence-electron chi connectivity index (χ4n) is 4.43. The molecule has 3 N–H and O–H groups in total. The lowest BCUT2D eigenvalue weighted by Crippen LogP contribution is -2.30. The first-order chi connectivity index (χ1) is 23.4. The van der Waals surface area contributed by atoms with Gasteiger partial charge in [-0.1, -0.05) is 59.6 Å². The van der Waals surface area contributed by atoms with Crippen LogP contribution in [0.1, 0.15) is 35.9 Å². The van der Waals surface area contributed by atoms with Crippen molar-refractivity contribution >= 4 is 62.9 Å². The van der Waals surface area contributed by atoms with E-state index in [-0.39, 0.29) is 17.4 Å². The number of hydrogen-bond donors (Lipinski definition) is 3. The van der Waals surface area contributed by atoms with E-state index in [2.05, 4.69) is 38.8 Å². The van der Waals surface area contributed by atoms with Crippen LogP contribution in [-0.2, 0) is 9.59 Å². The maximum Gasteiger partial charge on any atom is 0.272 e. The van der Waals surface area contributed by atoms with Gasteiger partial charge in [-0.2, -0.15) is 0 Å². The number of unbranched alkanes of at least 4 members (excludes halogenated alkanes) is 1. The Kier molecular flexibility index (Phi) is 12.3. The number of nitrogens with one attached hydrogen (secondary N) is 3. The van der Waals surface area contributed by atoms with E-state index in [1.54, 1.807) is 48.5 Å². The van der Waals surface area contributed by atoms with Crippen molar-refractivity contribution in [2.75, 3.05) is 23.0 Å². The van der Waals surface area contributed by atoms with Crippen LogP contribution < -0.4 is 20.7 Å². The van der Waals surface area contributed by atoms with E-state index in [0.29, 0.717) is 35.1 Å². The molecule has 0 spiro atoms. The van der Waals surface area contributed by atoms with Crippen LogP contribution >= 0.6 is 27.7 Å². The monoisotopic (exact) mass is 723 g/mol. The maximum absolute atomic E-state index is 13.5. The van der Waals surface area contributed by atoms with E-state index in [9.17, 15) is 14.4 Å². The third-order valence-corrected chi connectivity index (χ3v) is 8.50. The molecule has 0 fully saturated rings. The number of carbonyl (C=O) groups excluding carboxylic acids is 3. The fraction of sp³-hybridized carbons (Fsp3) is 0.132. The Labute approximate surface area is 292 Å². The van der Waals surface area contributed by atoms with Crippen molar-refractivity contribution in [2.24, 2.45) is 0 Å². The molecule has 0 aliphatic heterocycles. The summed E-state index contributed by atoms with van der Waals surface area (Å²) in [6, 6.07) is 34.3. The number of hydrogen-bond acceptors (Lipinski definition) is 6. The highest BCUT2D eigenvalue weighted by Gasteiger charge is 2.17. The van der Waals surface area contributed by atoms with Gasteiger partial charge < -0.3 is 25.1 Å². The van der Waals surface area contributed by atoms with Gasteiger partial charge in [0, 0.05) is 37.9 Å². The number of halogens is 1. The van der Waals surface area contributed by atoms with Crippen molar-refractivity contribution in [1.29, 1.82) is 0 Å². The van der Waals surface area contributed by atoms with E-state index < -0.39 is 11.8 Å². The molecule has 0 saturated heterocycles. The Hall–Kier alpha value is -5.06. The number of carbonyl (C=O) groups is 3. The predicted octanol–water partition coefficient (Wildman–Crippen LogP) is 9.03. The van der Waals surface area contributed by atoms with Crippen molar-refractivity contribution in [2.45, 2.75) is 24.7 Å². The first-order valence-electron chi connectivity index (χ1n) is 15.4. The van der Waals surface area contributed by atoms with Crippen molar-refractivity contribution in [1.82, 2.24) is 5.32 Å². The summed E-state index contributed by atoms with van der Waals surface area (Å²) < 4.78 is 12.6. The number of anilines is 2. The van der Waals surface area contributed by atoms with Crippen molar-refractivity contribution in [3.8, 4) is 17.1 Å². The van der Waals surface area contributed by atoms with Gasteiger partial charge in [0.15, 0.2) is 0 Å². The van der Waals surface area contributed by atoms with E-state index in [1.165, 1.54) is 17.8 Å². The lowest BCUT2D eigenvalue weighted by atomic mass is 10.2. The molecule has 0 bridgehead atoms. The normalized spacial score (nSPS) is 11.1. The number of thioether (sulfide) groups is 1. The van der Waals surface area contributed by atoms with Gasteiger partial charge in [-0.05, 0) is 91.3 Å². The molecule has 1 heterocycles. The highest BCUT2D eigenvalue weighted by Crippen LogP contribution is 2.26. The molecule has 4 aromatic carbocycles. The summed E-state index contributed by atoms with van der Waals surface area (Å²) in [5.41, 5.74) is 2.50. The van der Waals surface area contributed by atoms with E-state index in [1.807, 2.05) is 66.7 Å². The second-order valence-corrected chi connectivity index (χ2v) is 12.6. The zero-order valence-corrected chi connectivity index (χ0v) is 28.6. The zero-order valence-electron chi connectivity index (χ0n) is 26.2. The van der Waals surface area contributed by atoms with Crippen LogP contribution in [0.3, 0.4) is 0 Å². The third-order valence-electron chi connectivity index (χ3n) is 6.96. The van der Waals surface area contributed by atoms with Gasteiger partial charge in [-0.25, -0.2) is 0 Å². The van der Waals surface area contributed by atoms with E-state index in [4.69, 9.17) is 9.15 Å². The maximum atomic E-state index is 13.5. The molecular weight excluding hydrogens is 690 g/mol. The standard InChI is InChI=1S/C38H34BrN3O5S/c1-2-3-23-46-31-17-13-29(14-18-31)40-36(43)25-48-33-20-15-30(16-21-33)41-38(45)34(42-37(44)27-7-5-4-6-8-27)24-32-19-22-35(47-32)26-9-11-28(39)12-10-26/h4-22,24H,2-3,23,25H2,1H3,(H,40,43)(H,41,45)(H,42,44)/b34-24-. The average molecular weight is 725 g/mol. The zero-order chi connectivity index (χ0) is 33.7. The summed E-state index contributed by atoms with van der Waals surface area (Å²) >= 11 is 4.81. The van der Waals surface area contributed by atoms with Gasteiger partial charge in [0.25, 0.3) is 11.8 Å². The second-order valence-electron chi connectivity index (χ2n) is 10.6. The van der Waals surface area contributed by atoms with Crippen LogP contribution in [0.25, 0.3) is 17.4 Å². The molecule has 5 rings (SSSR count). The smallest absolute Gasteiger partial charge is 0.272 e. The molecular formula is C38H34BrN3O5S. The van der Waals surface area contributed by atoms with Crippen LogP contribution in [0.5, 0.6) is 5.75 Å². The van der Waals surface area contributed by atoms with Crippen molar-refractivity contribution in [3.63, 3.8) is 0 Å². The van der Waals surface area contributed by atoms with Gasteiger partial charge in [-0.3, -0.25) is 14.4 Å². The summed E-state index contributed by atoms with van der Waals surface area (Å²) in [6.45, 7) is 2.78.